The fraction of sp³-hybridized carbons (Fsp3) is 0.500. The van der Waals surface area contributed by atoms with Crippen molar-refractivity contribution in [2.45, 2.75) is 31.2 Å². The minimum atomic E-state index is -3.55. The maximum atomic E-state index is 12.3. The summed E-state index contributed by atoms with van der Waals surface area (Å²) >= 11 is 3.28. The number of aryl methyl sites for hydroxylation is 1. The SMILES string of the molecule is COCC(C)(C)NS(=O)(=O)c1cc(Br)ccc1C. The highest BCUT2D eigenvalue weighted by Gasteiger charge is 2.27. The molecule has 0 heterocycles. The van der Waals surface area contributed by atoms with E-state index in [9.17, 15) is 8.42 Å². The minimum Gasteiger partial charge on any atom is -0.383 e. The van der Waals surface area contributed by atoms with Crippen molar-refractivity contribution >= 4 is 26.0 Å². The summed E-state index contributed by atoms with van der Waals surface area (Å²) in [6, 6.07) is 5.18. The highest BCUT2D eigenvalue weighted by atomic mass is 79.9. The number of nitrogens with one attached hydrogen (secondary N) is 1. The number of hydrogen-bond acceptors (Lipinski definition) is 3. The van der Waals surface area contributed by atoms with Crippen molar-refractivity contribution in [3.8, 4) is 0 Å². The van der Waals surface area contributed by atoms with Crippen LogP contribution in [-0.2, 0) is 14.8 Å². The van der Waals surface area contributed by atoms with E-state index >= 15 is 0 Å². The second-order valence-electron chi connectivity index (χ2n) is 4.83. The average Bonchev–Trinajstić information content (AvgIpc) is 2.19. The monoisotopic (exact) mass is 335 g/mol. The smallest absolute Gasteiger partial charge is 0.241 e. The Balaban J connectivity index is 3.11. The van der Waals surface area contributed by atoms with Gasteiger partial charge in [-0.15, -0.1) is 0 Å². The number of hydrogen-bond donors (Lipinski definition) is 1. The molecule has 18 heavy (non-hydrogen) atoms. The van der Waals surface area contributed by atoms with E-state index in [1.807, 2.05) is 6.07 Å². The molecule has 0 amide bonds. The summed E-state index contributed by atoms with van der Waals surface area (Å²) in [5.74, 6) is 0. The van der Waals surface area contributed by atoms with Crippen molar-refractivity contribution in [1.29, 1.82) is 0 Å². The van der Waals surface area contributed by atoms with Crippen LogP contribution in [-0.4, -0.2) is 27.7 Å². The summed E-state index contributed by atoms with van der Waals surface area (Å²) in [6.07, 6.45) is 0. The number of rotatable bonds is 5. The molecule has 0 saturated carbocycles. The van der Waals surface area contributed by atoms with E-state index in [2.05, 4.69) is 20.7 Å². The molecule has 0 radical (unpaired) electrons. The van der Waals surface area contributed by atoms with Crippen LogP contribution in [0.2, 0.25) is 0 Å². The normalized spacial score (nSPS) is 12.7. The number of halogens is 1. The van der Waals surface area contributed by atoms with Gasteiger partial charge in [-0.2, -0.15) is 0 Å². The van der Waals surface area contributed by atoms with E-state index < -0.39 is 15.6 Å². The summed E-state index contributed by atoms with van der Waals surface area (Å²) in [4.78, 5) is 0.279. The molecule has 1 aromatic carbocycles. The lowest BCUT2D eigenvalue weighted by atomic mass is 10.1. The van der Waals surface area contributed by atoms with Crippen LogP contribution in [0, 0.1) is 6.92 Å². The average molecular weight is 336 g/mol. The third-order valence-corrected chi connectivity index (χ3v) is 4.69. The third-order valence-electron chi connectivity index (χ3n) is 2.36. The number of sulfonamides is 1. The van der Waals surface area contributed by atoms with E-state index in [1.165, 1.54) is 0 Å². The van der Waals surface area contributed by atoms with E-state index in [-0.39, 0.29) is 4.90 Å². The van der Waals surface area contributed by atoms with Crippen LogP contribution >= 0.6 is 15.9 Å². The van der Waals surface area contributed by atoms with Gasteiger partial charge in [0.1, 0.15) is 0 Å². The Kier molecular flexibility index (Phi) is 4.94. The van der Waals surface area contributed by atoms with Crippen molar-refractivity contribution in [3.05, 3.63) is 28.2 Å². The molecule has 0 aliphatic heterocycles. The molecule has 0 aliphatic rings. The van der Waals surface area contributed by atoms with Gasteiger partial charge in [-0.05, 0) is 38.5 Å². The quantitative estimate of drug-likeness (QED) is 0.899. The molecule has 0 atom stereocenters. The van der Waals surface area contributed by atoms with E-state index in [1.54, 1.807) is 40.0 Å². The molecular formula is C12H18BrNO3S. The van der Waals surface area contributed by atoms with Crippen LogP contribution in [0.15, 0.2) is 27.6 Å². The van der Waals surface area contributed by atoms with Gasteiger partial charge < -0.3 is 4.74 Å². The first-order valence-electron chi connectivity index (χ1n) is 5.47. The lowest BCUT2D eigenvalue weighted by molar-refractivity contribution is 0.141. The highest BCUT2D eigenvalue weighted by Crippen LogP contribution is 2.21. The van der Waals surface area contributed by atoms with Gasteiger partial charge in [-0.1, -0.05) is 22.0 Å². The van der Waals surface area contributed by atoms with Crippen molar-refractivity contribution in [1.82, 2.24) is 4.72 Å². The molecule has 0 aliphatic carbocycles. The fourth-order valence-corrected chi connectivity index (χ4v) is 3.86. The van der Waals surface area contributed by atoms with E-state index in [0.717, 1.165) is 4.47 Å². The maximum Gasteiger partial charge on any atom is 0.241 e. The van der Waals surface area contributed by atoms with Gasteiger partial charge in [0, 0.05) is 11.6 Å². The number of methoxy groups -OCH3 is 1. The first-order valence-corrected chi connectivity index (χ1v) is 7.75. The van der Waals surface area contributed by atoms with Gasteiger partial charge in [-0.3, -0.25) is 0 Å². The summed E-state index contributed by atoms with van der Waals surface area (Å²) in [7, 11) is -2.01. The molecule has 0 aromatic heterocycles. The van der Waals surface area contributed by atoms with Gasteiger partial charge in [0.05, 0.1) is 17.0 Å². The molecule has 0 bridgehead atoms. The van der Waals surface area contributed by atoms with Crippen molar-refractivity contribution in [3.63, 3.8) is 0 Å². The standard InChI is InChI=1S/C12H18BrNO3S/c1-9-5-6-10(13)7-11(9)18(15,16)14-12(2,3)8-17-4/h5-7,14H,8H2,1-4H3. The summed E-state index contributed by atoms with van der Waals surface area (Å²) in [5, 5.41) is 0. The van der Waals surface area contributed by atoms with Gasteiger partial charge in [0.25, 0.3) is 0 Å². The molecule has 1 N–H and O–H groups in total. The molecular weight excluding hydrogens is 318 g/mol. The first kappa shape index (κ1) is 15.6. The second-order valence-corrected chi connectivity index (χ2v) is 7.40. The lowest BCUT2D eigenvalue weighted by Gasteiger charge is -2.25. The maximum absolute atomic E-state index is 12.3. The molecule has 1 rings (SSSR count). The Bertz CT molecular complexity index is 526. The molecule has 1 aromatic rings. The van der Waals surface area contributed by atoms with Crippen molar-refractivity contribution in [2.24, 2.45) is 0 Å². The van der Waals surface area contributed by atoms with Gasteiger partial charge >= 0.3 is 0 Å². The van der Waals surface area contributed by atoms with Crippen molar-refractivity contribution in [2.75, 3.05) is 13.7 Å². The molecule has 4 nitrogen and oxygen atoms in total. The summed E-state index contributed by atoms with van der Waals surface area (Å²) in [5.41, 5.74) is 0.0569. The largest absolute Gasteiger partial charge is 0.383 e. The molecule has 102 valence electrons. The van der Waals surface area contributed by atoms with Gasteiger partial charge in [0.15, 0.2) is 0 Å². The topological polar surface area (TPSA) is 55.4 Å². The first-order chi connectivity index (χ1) is 8.18. The van der Waals surface area contributed by atoms with Gasteiger partial charge in [-0.25, -0.2) is 13.1 Å². The number of benzene rings is 1. The van der Waals surface area contributed by atoms with Crippen LogP contribution in [0.25, 0.3) is 0 Å². The predicted octanol–water partition coefficient (Wildman–Crippen LogP) is 2.46. The molecule has 0 fully saturated rings. The zero-order valence-corrected chi connectivity index (χ0v) is 13.4. The van der Waals surface area contributed by atoms with E-state index in [0.29, 0.717) is 12.2 Å². The summed E-state index contributed by atoms with van der Waals surface area (Å²) < 4.78 is 33.0. The van der Waals surface area contributed by atoms with Crippen LogP contribution < -0.4 is 4.72 Å². The summed E-state index contributed by atoms with van der Waals surface area (Å²) in [6.45, 7) is 5.63. The van der Waals surface area contributed by atoms with Crippen LogP contribution in [0.4, 0.5) is 0 Å². The van der Waals surface area contributed by atoms with E-state index in [4.69, 9.17) is 4.74 Å². The fourth-order valence-electron chi connectivity index (χ4n) is 1.67. The van der Waals surface area contributed by atoms with Crippen LogP contribution in [0.3, 0.4) is 0 Å². The van der Waals surface area contributed by atoms with Crippen molar-refractivity contribution < 1.29 is 13.2 Å². The Morgan fingerprint density at radius 2 is 2.00 bits per heavy atom. The van der Waals surface area contributed by atoms with Gasteiger partial charge in [0.2, 0.25) is 10.0 Å². The highest BCUT2D eigenvalue weighted by molar-refractivity contribution is 9.10. The molecule has 0 spiro atoms. The Morgan fingerprint density at radius 3 is 2.56 bits per heavy atom. The molecule has 6 heteroatoms. The Hall–Kier alpha value is -0.430. The zero-order chi connectivity index (χ0) is 14.0. The Labute approximate surface area is 117 Å². The second kappa shape index (κ2) is 5.69. The predicted molar refractivity (Wildman–Crippen MR) is 75.2 cm³/mol. The zero-order valence-electron chi connectivity index (χ0n) is 11.0. The Morgan fingerprint density at radius 1 is 1.39 bits per heavy atom. The van der Waals surface area contributed by atoms with Crippen LogP contribution in [0.1, 0.15) is 19.4 Å². The molecule has 0 unspecified atom stereocenters. The minimum absolute atomic E-state index is 0.279. The van der Waals surface area contributed by atoms with Crippen LogP contribution in [0.5, 0.6) is 0 Å². The number of ether oxygens (including phenoxy) is 1. The third kappa shape index (κ3) is 4.05. The molecule has 0 saturated heterocycles. The lowest BCUT2D eigenvalue weighted by Crippen LogP contribution is -2.46.